The van der Waals surface area contributed by atoms with E-state index in [0.717, 1.165) is 30.2 Å². The molecule has 0 aliphatic carbocycles. The Morgan fingerprint density at radius 1 is 1.33 bits per heavy atom. The van der Waals surface area contributed by atoms with Gasteiger partial charge in [-0.3, -0.25) is 4.57 Å². The summed E-state index contributed by atoms with van der Waals surface area (Å²) in [6, 6.07) is 0.643. The average Bonchev–Trinajstić information content (AvgIpc) is 2.73. The molecule has 1 fully saturated rings. The second-order valence-electron chi connectivity index (χ2n) is 5.11. The largest absolute Gasteiger partial charge is 0.338 e. The highest BCUT2D eigenvalue weighted by molar-refractivity contribution is 7.71. The maximum absolute atomic E-state index is 5.33. The van der Waals surface area contributed by atoms with E-state index in [1.807, 2.05) is 0 Å². The van der Waals surface area contributed by atoms with Crippen molar-refractivity contribution in [2.45, 2.75) is 65.0 Å². The Hall–Kier alpha value is -0.840. The lowest BCUT2D eigenvalue weighted by Gasteiger charge is -2.36. The zero-order valence-corrected chi connectivity index (χ0v) is 12.3. The van der Waals surface area contributed by atoms with Crippen LogP contribution in [0.15, 0.2) is 0 Å². The van der Waals surface area contributed by atoms with Crippen LogP contribution in [0.3, 0.4) is 0 Å². The Morgan fingerprint density at radius 3 is 2.89 bits per heavy atom. The molecule has 2 rings (SSSR count). The third-order valence-corrected chi connectivity index (χ3v) is 4.00. The Labute approximate surface area is 114 Å². The van der Waals surface area contributed by atoms with E-state index in [1.54, 1.807) is 0 Å². The van der Waals surface area contributed by atoms with Crippen molar-refractivity contribution in [3.8, 4) is 0 Å². The summed E-state index contributed by atoms with van der Waals surface area (Å²) in [5.74, 6) is 1.06. The van der Waals surface area contributed by atoms with E-state index in [9.17, 15) is 0 Å². The normalized spacial score (nSPS) is 20.3. The van der Waals surface area contributed by atoms with Gasteiger partial charge in [-0.05, 0) is 44.3 Å². The van der Waals surface area contributed by atoms with Gasteiger partial charge < -0.3 is 4.90 Å². The van der Waals surface area contributed by atoms with Crippen LogP contribution in [0.25, 0.3) is 0 Å². The number of rotatable bonds is 5. The van der Waals surface area contributed by atoms with Gasteiger partial charge >= 0.3 is 0 Å². The zero-order chi connectivity index (χ0) is 13.0. The van der Waals surface area contributed by atoms with Crippen molar-refractivity contribution in [2.75, 3.05) is 11.4 Å². The van der Waals surface area contributed by atoms with Crippen molar-refractivity contribution in [3.05, 3.63) is 4.77 Å². The van der Waals surface area contributed by atoms with Crippen molar-refractivity contribution >= 4 is 18.2 Å². The molecule has 1 saturated heterocycles. The molecule has 0 amide bonds. The summed E-state index contributed by atoms with van der Waals surface area (Å²) >= 11 is 5.33. The first-order chi connectivity index (χ1) is 8.77. The van der Waals surface area contributed by atoms with Crippen LogP contribution in [0.5, 0.6) is 0 Å². The minimum absolute atomic E-state index is 0.643. The highest BCUT2D eigenvalue weighted by Crippen LogP contribution is 2.26. The highest BCUT2D eigenvalue weighted by Gasteiger charge is 2.25. The molecule has 0 saturated carbocycles. The van der Waals surface area contributed by atoms with Gasteiger partial charge in [-0.25, -0.2) is 5.10 Å². The Morgan fingerprint density at radius 2 is 2.17 bits per heavy atom. The Balaban J connectivity index is 2.24. The number of aromatic amines is 1. The van der Waals surface area contributed by atoms with E-state index in [-0.39, 0.29) is 0 Å². The van der Waals surface area contributed by atoms with Gasteiger partial charge in [0.2, 0.25) is 5.95 Å². The maximum atomic E-state index is 5.33. The van der Waals surface area contributed by atoms with E-state index in [1.165, 1.54) is 32.1 Å². The molecule has 5 heteroatoms. The molecule has 1 atom stereocenters. The molecule has 1 aromatic heterocycles. The van der Waals surface area contributed by atoms with E-state index in [2.05, 4.69) is 33.5 Å². The fraction of sp³-hybridized carbons (Fsp3) is 0.846. The van der Waals surface area contributed by atoms with Gasteiger partial charge in [0.1, 0.15) is 0 Å². The van der Waals surface area contributed by atoms with Gasteiger partial charge in [-0.15, -0.1) is 5.10 Å². The predicted molar refractivity (Wildman–Crippen MR) is 77.6 cm³/mol. The lowest BCUT2D eigenvalue weighted by atomic mass is 9.99. The van der Waals surface area contributed by atoms with Crippen LogP contribution < -0.4 is 4.90 Å². The molecule has 0 radical (unpaired) electrons. The zero-order valence-electron chi connectivity index (χ0n) is 11.5. The second kappa shape index (κ2) is 6.36. The number of hydrogen-bond donors (Lipinski definition) is 1. The quantitative estimate of drug-likeness (QED) is 0.830. The molecule has 1 unspecified atom stereocenters. The Bertz CT molecular complexity index is 421. The summed E-state index contributed by atoms with van der Waals surface area (Å²) in [5, 5.41) is 7.42. The van der Waals surface area contributed by atoms with Crippen LogP contribution in [-0.2, 0) is 6.54 Å². The van der Waals surface area contributed by atoms with E-state index in [0.29, 0.717) is 6.04 Å². The number of piperidine rings is 1. The van der Waals surface area contributed by atoms with Gasteiger partial charge in [-0.1, -0.05) is 20.3 Å². The molecular formula is C13H24N4S. The first kappa shape index (κ1) is 13.6. The first-order valence-electron chi connectivity index (χ1n) is 7.19. The number of aromatic nitrogens is 3. The summed E-state index contributed by atoms with van der Waals surface area (Å²) in [6.07, 6.45) is 7.49. The Kier molecular flexibility index (Phi) is 4.80. The number of anilines is 1. The fourth-order valence-corrected chi connectivity index (χ4v) is 3.07. The molecule has 0 spiro atoms. The molecule has 0 bridgehead atoms. The maximum Gasteiger partial charge on any atom is 0.225 e. The lowest BCUT2D eigenvalue weighted by Crippen LogP contribution is -2.41. The minimum atomic E-state index is 0.643. The molecule has 1 aliphatic rings. The molecule has 0 aromatic carbocycles. The fourth-order valence-electron chi connectivity index (χ4n) is 2.85. The van der Waals surface area contributed by atoms with Crippen LogP contribution in [0.1, 0.15) is 52.4 Å². The van der Waals surface area contributed by atoms with E-state index < -0.39 is 0 Å². The molecule has 1 aliphatic heterocycles. The highest BCUT2D eigenvalue weighted by atomic mass is 32.1. The molecular weight excluding hydrogens is 244 g/mol. The molecule has 1 N–H and O–H groups in total. The van der Waals surface area contributed by atoms with Crippen molar-refractivity contribution in [3.63, 3.8) is 0 Å². The predicted octanol–water partition coefficient (Wildman–Crippen LogP) is 3.51. The van der Waals surface area contributed by atoms with Crippen molar-refractivity contribution in [2.24, 2.45) is 0 Å². The van der Waals surface area contributed by atoms with Crippen LogP contribution in [-0.4, -0.2) is 27.4 Å². The number of nitrogens with zero attached hydrogens (tertiary/aromatic N) is 3. The average molecular weight is 268 g/mol. The third-order valence-electron chi connectivity index (χ3n) is 3.69. The molecule has 102 valence electrons. The van der Waals surface area contributed by atoms with Gasteiger partial charge in [-0.2, -0.15) is 0 Å². The second-order valence-corrected chi connectivity index (χ2v) is 5.50. The minimum Gasteiger partial charge on any atom is -0.338 e. The van der Waals surface area contributed by atoms with Crippen molar-refractivity contribution in [1.29, 1.82) is 0 Å². The summed E-state index contributed by atoms with van der Waals surface area (Å²) in [5.41, 5.74) is 0. The number of hydrogen-bond acceptors (Lipinski definition) is 3. The first-order valence-corrected chi connectivity index (χ1v) is 7.60. The molecule has 1 aromatic rings. The summed E-state index contributed by atoms with van der Waals surface area (Å²) in [4.78, 5) is 2.47. The number of nitrogens with one attached hydrogen (secondary N) is 1. The van der Waals surface area contributed by atoms with Gasteiger partial charge in [0.05, 0.1) is 0 Å². The van der Waals surface area contributed by atoms with Gasteiger partial charge in [0.15, 0.2) is 4.77 Å². The van der Waals surface area contributed by atoms with Crippen LogP contribution >= 0.6 is 12.2 Å². The molecule has 2 heterocycles. The standard InChI is InChI=1S/C13H24N4S/c1-3-7-11-8-5-6-10-16(11)12-14-15-13(18)17(12)9-4-2/h11H,3-10H2,1-2H3,(H,15,18). The molecule has 4 nitrogen and oxygen atoms in total. The summed E-state index contributed by atoms with van der Waals surface area (Å²) in [6.45, 7) is 6.52. The van der Waals surface area contributed by atoms with Gasteiger partial charge in [0, 0.05) is 19.1 Å². The molecule has 18 heavy (non-hydrogen) atoms. The van der Waals surface area contributed by atoms with Gasteiger partial charge in [0.25, 0.3) is 0 Å². The van der Waals surface area contributed by atoms with Crippen LogP contribution in [0.4, 0.5) is 5.95 Å². The topological polar surface area (TPSA) is 36.9 Å². The van der Waals surface area contributed by atoms with Crippen molar-refractivity contribution in [1.82, 2.24) is 14.8 Å². The SMILES string of the molecule is CCCC1CCCCN1c1n[nH]c(=S)n1CCC. The van der Waals surface area contributed by atoms with Crippen molar-refractivity contribution < 1.29 is 0 Å². The lowest BCUT2D eigenvalue weighted by molar-refractivity contribution is 0.422. The van der Waals surface area contributed by atoms with Crippen LogP contribution in [0.2, 0.25) is 0 Å². The van der Waals surface area contributed by atoms with E-state index in [4.69, 9.17) is 12.2 Å². The van der Waals surface area contributed by atoms with E-state index >= 15 is 0 Å². The summed E-state index contributed by atoms with van der Waals surface area (Å²) in [7, 11) is 0. The smallest absolute Gasteiger partial charge is 0.225 e. The van der Waals surface area contributed by atoms with Crippen LogP contribution in [0, 0.1) is 4.77 Å². The summed E-state index contributed by atoms with van der Waals surface area (Å²) < 4.78 is 2.91. The number of H-pyrrole nitrogens is 1. The monoisotopic (exact) mass is 268 g/mol. The third kappa shape index (κ3) is 2.76.